The number of amides is 1. The molecule has 1 heterocycles. The van der Waals surface area contributed by atoms with Crippen molar-refractivity contribution < 1.29 is 14.3 Å². The number of halogens is 2. The third-order valence-electron chi connectivity index (χ3n) is 2.57. The Bertz CT molecular complexity index is 435. The lowest BCUT2D eigenvalue weighted by Crippen LogP contribution is -2.39. The van der Waals surface area contributed by atoms with Gasteiger partial charge in [-0.2, -0.15) is 0 Å². The summed E-state index contributed by atoms with van der Waals surface area (Å²) in [6, 6.07) is 5.24. The summed E-state index contributed by atoms with van der Waals surface area (Å²) in [6.45, 7) is 2.11. The van der Waals surface area contributed by atoms with Crippen molar-refractivity contribution in [2.45, 2.75) is 6.10 Å². The molecule has 1 aliphatic heterocycles. The Hall–Kier alpha value is -0.620. The summed E-state index contributed by atoms with van der Waals surface area (Å²) >= 11 is 9.33. The Balaban J connectivity index is 1.93. The van der Waals surface area contributed by atoms with Crippen molar-refractivity contribution in [3.05, 3.63) is 33.3 Å². The van der Waals surface area contributed by atoms with Gasteiger partial charge in [-0.05, 0) is 28.1 Å². The van der Waals surface area contributed by atoms with Crippen LogP contribution in [0.25, 0.3) is 0 Å². The summed E-state index contributed by atoms with van der Waals surface area (Å²) in [5, 5.41) is 3.20. The predicted molar refractivity (Wildman–Crippen MR) is 72.0 cm³/mol. The van der Waals surface area contributed by atoms with E-state index in [-0.39, 0.29) is 12.0 Å². The van der Waals surface area contributed by atoms with Crippen LogP contribution >= 0.6 is 27.5 Å². The quantitative estimate of drug-likeness (QED) is 0.922. The molecule has 1 aliphatic rings. The van der Waals surface area contributed by atoms with Crippen molar-refractivity contribution in [3.63, 3.8) is 0 Å². The lowest BCUT2D eigenvalue weighted by atomic mass is 10.2. The summed E-state index contributed by atoms with van der Waals surface area (Å²) in [6.07, 6.45) is -0.0892. The highest BCUT2D eigenvalue weighted by atomic mass is 79.9. The average Bonchev–Trinajstić information content (AvgIpc) is 2.40. The SMILES string of the molecule is O=C(NCC1COCCO1)c1cccc(Br)c1Cl. The maximum Gasteiger partial charge on any atom is 0.252 e. The smallest absolute Gasteiger partial charge is 0.252 e. The van der Waals surface area contributed by atoms with Crippen LogP contribution in [0.3, 0.4) is 0 Å². The first-order valence-electron chi connectivity index (χ1n) is 5.60. The molecule has 2 rings (SSSR count). The summed E-state index contributed by atoms with van der Waals surface area (Å²) in [4.78, 5) is 11.9. The zero-order valence-corrected chi connectivity index (χ0v) is 12.0. The minimum atomic E-state index is -0.213. The zero-order valence-electron chi connectivity index (χ0n) is 9.62. The minimum absolute atomic E-state index is 0.0892. The molecule has 1 aromatic rings. The number of rotatable bonds is 3. The molecule has 18 heavy (non-hydrogen) atoms. The van der Waals surface area contributed by atoms with E-state index < -0.39 is 0 Å². The lowest BCUT2D eigenvalue weighted by Gasteiger charge is -2.23. The van der Waals surface area contributed by atoms with E-state index in [1.54, 1.807) is 18.2 Å². The molecule has 1 N–H and O–H groups in total. The third-order valence-corrected chi connectivity index (χ3v) is 3.87. The van der Waals surface area contributed by atoms with Gasteiger partial charge < -0.3 is 14.8 Å². The monoisotopic (exact) mass is 333 g/mol. The van der Waals surface area contributed by atoms with Gasteiger partial charge in [-0.1, -0.05) is 17.7 Å². The highest BCUT2D eigenvalue weighted by Gasteiger charge is 2.17. The van der Waals surface area contributed by atoms with E-state index >= 15 is 0 Å². The van der Waals surface area contributed by atoms with Gasteiger partial charge in [0.2, 0.25) is 0 Å². The van der Waals surface area contributed by atoms with E-state index in [0.717, 1.165) is 0 Å². The van der Waals surface area contributed by atoms with Crippen LogP contribution in [0, 0.1) is 0 Å². The molecule has 98 valence electrons. The molecule has 0 aliphatic carbocycles. The van der Waals surface area contributed by atoms with Crippen LogP contribution in [0.2, 0.25) is 5.02 Å². The molecule has 4 nitrogen and oxygen atoms in total. The zero-order chi connectivity index (χ0) is 13.0. The molecule has 0 aromatic heterocycles. The van der Waals surface area contributed by atoms with Crippen molar-refractivity contribution in [1.29, 1.82) is 0 Å². The van der Waals surface area contributed by atoms with Crippen molar-refractivity contribution >= 4 is 33.4 Å². The number of carbonyl (C=O) groups is 1. The molecule has 1 atom stereocenters. The van der Waals surface area contributed by atoms with Crippen LogP contribution in [0.4, 0.5) is 0 Å². The third kappa shape index (κ3) is 3.45. The molecule has 0 saturated carbocycles. The van der Waals surface area contributed by atoms with Gasteiger partial charge in [0, 0.05) is 11.0 Å². The largest absolute Gasteiger partial charge is 0.376 e. The number of ether oxygens (including phenoxy) is 2. The summed E-state index contributed by atoms with van der Waals surface area (Å²) in [5.41, 5.74) is 0.447. The maximum absolute atomic E-state index is 11.9. The van der Waals surface area contributed by atoms with Gasteiger partial charge in [-0.3, -0.25) is 4.79 Å². The molecule has 0 bridgehead atoms. The van der Waals surface area contributed by atoms with Crippen molar-refractivity contribution in [3.8, 4) is 0 Å². The van der Waals surface area contributed by atoms with Crippen molar-refractivity contribution in [2.75, 3.05) is 26.4 Å². The Morgan fingerprint density at radius 1 is 1.50 bits per heavy atom. The first-order chi connectivity index (χ1) is 8.68. The fourth-order valence-corrected chi connectivity index (χ4v) is 2.21. The van der Waals surface area contributed by atoms with Crippen molar-refractivity contribution in [2.24, 2.45) is 0 Å². The second kappa shape index (κ2) is 6.52. The second-order valence-electron chi connectivity index (χ2n) is 3.88. The van der Waals surface area contributed by atoms with Crippen LogP contribution in [0.1, 0.15) is 10.4 Å². The van der Waals surface area contributed by atoms with E-state index in [1.807, 2.05) is 0 Å². The van der Waals surface area contributed by atoms with Gasteiger partial charge in [0.05, 0.1) is 36.5 Å². The number of hydrogen-bond donors (Lipinski definition) is 1. The van der Waals surface area contributed by atoms with Crippen LogP contribution < -0.4 is 5.32 Å². The molecule has 1 fully saturated rings. The first-order valence-corrected chi connectivity index (χ1v) is 6.77. The van der Waals surface area contributed by atoms with Gasteiger partial charge in [0.15, 0.2) is 0 Å². The van der Waals surface area contributed by atoms with Crippen LogP contribution in [0.5, 0.6) is 0 Å². The Labute approximate surface area is 119 Å². The van der Waals surface area contributed by atoms with E-state index in [1.165, 1.54) is 0 Å². The van der Waals surface area contributed by atoms with Crippen molar-refractivity contribution in [1.82, 2.24) is 5.32 Å². The number of benzene rings is 1. The second-order valence-corrected chi connectivity index (χ2v) is 5.11. The predicted octanol–water partition coefficient (Wildman–Crippen LogP) is 2.25. The van der Waals surface area contributed by atoms with Gasteiger partial charge in [0.25, 0.3) is 5.91 Å². The van der Waals surface area contributed by atoms with Gasteiger partial charge >= 0.3 is 0 Å². The van der Waals surface area contributed by atoms with E-state index in [4.69, 9.17) is 21.1 Å². The highest BCUT2D eigenvalue weighted by Crippen LogP contribution is 2.25. The van der Waals surface area contributed by atoms with Gasteiger partial charge in [-0.15, -0.1) is 0 Å². The van der Waals surface area contributed by atoms with Gasteiger partial charge in [0.1, 0.15) is 0 Å². The van der Waals surface area contributed by atoms with Crippen LogP contribution in [0.15, 0.2) is 22.7 Å². The Morgan fingerprint density at radius 2 is 2.33 bits per heavy atom. The molecule has 1 aromatic carbocycles. The first kappa shape index (κ1) is 13.8. The number of nitrogens with one attached hydrogen (secondary N) is 1. The molecule has 0 radical (unpaired) electrons. The molecule has 1 saturated heterocycles. The van der Waals surface area contributed by atoms with Crippen LogP contribution in [-0.4, -0.2) is 38.4 Å². The maximum atomic E-state index is 11.9. The molecular weight excluding hydrogens is 321 g/mol. The topological polar surface area (TPSA) is 47.6 Å². The Kier molecular flexibility index (Phi) is 5.00. The van der Waals surface area contributed by atoms with E-state index in [2.05, 4.69) is 21.2 Å². The molecular formula is C12H13BrClNO3. The molecule has 0 spiro atoms. The summed E-state index contributed by atoms with van der Waals surface area (Å²) in [5.74, 6) is -0.213. The summed E-state index contributed by atoms with van der Waals surface area (Å²) in [7, 11) is 0. The normalized spacial score (nSPS) is 19.6. The molecule has 6 heteroatoms. The van der Waals surface area contributed by atoms with E-state index in [9.17, 15) is 4.79 Å². The fourth-order valence-electron chi connectivity index (χ4n) is 1.64. The molecule has 1 unspecified atom stereocenters. The lowest BCUT2D eigenvalue weighted by molar-refractivity contribution is -0.0855. The van der Waals surface area contributed by atoms with Gasteiger partial charge in [-0.25, -0.2) is 0 Å². The minimum Gasteiger partial charge on any atom is -0.376 e. The Morgan fingerprint density at radius 3 is 3.06 bits per heavy atom. The van der Waals surface area contributed by atoms with Crippen LogP contribution in [-0.2, 0) is 9.47 Å². The summed E-state index contributed by atoms with van der Waals surface area (Å²) < 4.78 is 11.4. The fraction of sp³-hybridized carbons (Fsp3) is 0.417. The highest BCUT2D eigenvalue weighted by molar-refractivity contribution is 9.10. The number of hydrogen-bond acceptors (Lipinski definition) is 3. The average molecular weight is 335 g/mol. The van der Waals surface area contributed by atoms with E-state index in [0.29, 0.717) is 41.4 Å². The molecule has 1 amide bonds. The number of carbonyl (C=O) groups excluding carboxylic acids is 1. The standard InChI is InChI=1S/C12H13BrClNO3/c13-10-3-1-2-9(11(10)14)12(16)15-6-8-7-17-4-5-18-8/h1-3,8H,4-7H2,(H,15,16).